The van der Waals surface area contributed by atoms with Crippen LogP contribution in [0.15, 0.2) is 42.5 Å². The summed E-state index contributed by atoms with van der Waals surface area (Å²) in [6.07, 6.45) is -2.69. The van der Waals surface area contributed by atoms with Crippen molar-refractivity contribution in [2.45, 2.75) is 75.1 Å². The van der Waals surface area contributed by atoms with Crippen LogP contribution >= 0.6 is 11.6 Å². The van der Waals surface area contributed by atoms with Crippen LogP contribution in [0, 0.1) is 29.4 Å². The molecule has 1 saturated carbocycles. The number of nitrogens with zero attached hydrogens (tertiary/aromatic N) is 5. The van der Waals surface area contributed by atoms with Gasteiger partial charge in [-0.2, -0.15) is 19.0 Å². The highest BCUT2D eigenvalue weighted by Crippen LogP contribution is 2.68. The van der Waals surface area contributed by atoms with Crippen molar-refractivity contribution in [1.82, 2.24) is 24.5 Å². The monoisotopic (exact) mass is 816 g/mol. The van der Waals surface area contributed by atoms with Crippen LogP contribution in [0.4, 0.5) is 26.3 Å². The Labute approximate surface area is 323 Å². The van der Waals surface area contributed by atoms with Crippen molar-refractivity contribution in [2.24, 2.45) is 18.7 Å². The Hall–Kier alpha value is -4.72. The molecule has 5 aromatic rings. The third-order valence-corrected chi connectivity index (χ3v) is 11.0. The number of halogens is 7. The Kier molecular flexibility index (Phi) is 9.90. The zero-order valence-corrected chi connectivity index (χ0v) is 32.1. The number of alkyl halides is 4. The maximum absolute atomic E-state index is 15.4. The number of carbonyl (C=O) groups excluding carboxylic acids is 1. The highest BCUT2D eigenvalue weighted by molar-refractivity contribution is 7.89. The molecule has 0 spiro atoms. The second kappa shape index (κ2) is 14.0. The van der Waals surface area contributed by atoms with E-state index in [1.807, 2.05) is 0 Å². The standard InChI is InChI=1S/C39H35ClF6N6O3S/c1-38(2,47)10-9-23-5-6-25(26-7-8-29(40)32-30(18-56(4,54)55)49-51(3)35(26)32)33(48-23)20(11-19-12-21(41)15-22(42)13-19)14-24(53)17-52-36-31(34(50-52)37(43)44)27-16-28(27)39(36,45)46/h5-8,12-13,15,20,27-28,37H,11,14,16-18,47H2,1-4H3/t20-,27+,28-/m1/s1. The smallest absolute Gasteiger partial charge is 0.293 e. The number of aryl methyl sites for hydroxylation is 1. The SMILES string of the molecule is Cn1nc(CS(C)(=O)=O)c2c(Cl)ccc(-c3ccc(C#CC(C)(C)N)nc3[C@@H](CC(=O)Cn3nc(C(F)F)c4c3C(F)(F)[C@@H]3C[C@H]43)Cc3cc(F)cc(F)c3)c21. The van der Waals surface area contributed by atoms with E-state index in [1.54, 1.807) is 45.2 Å². The number of carbonyl (C=O) groups is 1. The first-order valence-corrected chi connectivity index (χ1v) is 19.9. The highest BCUT2D eigenvalue weighted by atomic mass is 35.5. The van der Waals surface area contributed by atoms with Gasteiger partial charge in [0.05, 0.1) is 33.2 Å². The van der Waals surface area contributed by atoms with Gasteiger partial charge < -0.3 is 5.73 Å². The molecule has 3 aromatic heterocycles. The molecule has 1 fully saturated rings. The Morgan fingerprint density at radius 2 is 1.75 bits per heavy atom. The number of hydrogen-bond acceptors (Lipinski definition) is 7. The molecule has 0 bridgehead atoms. The van der Waals surface area contributed by atoms with E-state index in [0.717, 1.165) is 18.4 Å². The fourth-order valence-electron chi connectivity index (χ4n) is 7.70. The molecule has 2 aromatic carbocycles. The summed E-state index contributed by atoms with van der Waals surface area (Å²) < 4.78 is 115. The number of Topliss-reactive ketones (excluding diaryl/α,β-unsaturated/α-hetero) is 1. The fraction of sp³-hybridized carbons (Fsp3) is 0.385. The van der Waals surface area contributed by atoms with Crippen molar-refractivity contribution in [2.75, 3.05) is 6.26 Å². The lowest BCUT2D eigenvalue weighted by Gasteiger charge is -2.22. The Morgan fingerprint density at radius 3 is 2.39 bits per heavy atom. The Morgan fingerprint density at radius 1 is 1.07 bits per heavy atom. The fourth-order valence-corrected chi connectivity index (χ4v) is 8.66. The number of ketones is 1. The quantitative estimate of drug-likeness (QED) is 0.108. The minimum absolute atomic E-state index is 0.0467. The minimum atomic E-state index is -3.56. The van der Waals surface area contributed by atoms with Gasteiger partial charge in [0, 0.05) is 59.7 Å². The van der Waals surface area contributed by atoms with Gasteiger partial charge >= 0.3 is 0 Å². The van der Waals surface area contributed by atoms with Gasteiger partial charge in [-0.1, -0.05) is 23.6 Å². The normalized spacial score (nSPS) is 17.8. The molecule has 0 amide bonds. The molecule has 9 nitrogen and oxygen atoms in total. The largest absolute Gasteiger partial charge is 0.316 e. The lowest BCUT2D eigenvalue weighted by Crippen LogP contribution is -2.29. The van der Waals surface area contributed by atoms with Gasteiger partial charge in [-0.3, -0.25) is 14.2 Å². The van der Waals surface area contributed by atoms with Crippen LogP contribution in [0.5, 0.6) is 0 Å². The van der Waals surface area contributed by atoms with E-state index in [-0.39, 0.29) is 46.1 Å². The summed E-state index contributed by atoms with van der Waals surface area (Å²) >= 11 is 6.63. The van der Waals surface area contributed by atoms with Gasteiger partial charge in [-0.25, -0.2) is 31.0 Å². The van der Waals surface area contributed by atoms with Crippen LogP contribution < -0.4 is 5.73 Å². The van der Waals surface area contributed by atoms with Crippen LogP contribution in [-0.4, -0.2) is 50.5 Å². The third-order valence-electron chi connectivity index (χ3n) is 9.89. The van der Waals surface area contributed by atoms with E-state index in [9.17, 15) is 30.8 Å². The van der Waals surface area contributed by atoms with E-state index in [2.05, 4.69) is 22.0 Å². The van der Waals surface area contributed by atoms with Gasteiger partial charge in [0.2, 0.25) is 0 Å². The summed E-state index contributed by atoms with van der Waals surface area (Å²) in [6.45, 7) is 2.57. The number of fused-ring (bicyclic) bond motifs is 4. The lowest BCUT2D eigenvalue weighted by molar-refractivity contribution is -0.120. The Bertz CT molecular complexity index is 2590. The van der Waals surface area contributed by atoms with Crippen LogP contribution in [0.3, 0.4) is 0 Å². The van der Waals surface area contributed by atoms with Crippen molar-refractivity contribution in [3.63, 3.8) is 0 Å². The summed E-state index contributed by atoms with van der Waals surface area (Å²) in [4.78, 5) is 18.9. The van der Waals surface area contributed by atoms with E-state index in [4.69, 9.17) is 22.3 Å². The zero-order chi connectivity index (χ0) is 40.6. The third kappa shape index (κ3) is 7.68. The number of rotatable bonds is 11. The molecular weight excluding hydrogens is 782 g/mol. The number of hydrogen-bond donors (Lipinski definition) is 1. The number of sulfone groups is 1. The maximum Gasteiger partial charge on any atom is 0.293 e. The average molecular weight is 817 g/mol. The zero-order valence-electron chi connectivity index (χ0n) is 30.5. The second-order valence-electron chi connectivity index (χ2n) is 15.2. The van der Waals surface area contributed by atoms with Crippen LogP contribution in [-0.2, 0) is 46.3 Å². The number of pyridine rings is 1. The van der Waals surface area contributed by atoms with Gasteiger partial charge in [0.1, 0.15) is 35.3 Å². The predicted octanol–water partition coefficient (Wildman–Crippen LogP) is 7.53. The molecule has 294 valence electrons. The van der Waals surface area contributed by atoms with Crippen molar-refractivity contribution < 1.29 is 39.6 Å². The Balaban J connectivity index is 1.39. The van der Waals surface area contributed by atoms with Gasteiger partial charge in [-0.15, -0.1) is 0 Å². The van der Waals surface area contributed by atoms with Crippen LogP contribution in [0.2, 0.25) is 5.02 Å². The number of benzene rings is 2. The number of aromatic nitrogens is 5. The summed E-state index contributed by atoms with van der Waals surface area (Å²) in [5.41, 5.74) is 5.46. The molecule has 0 saturated heterocycles. The minimum Gasteiger partial charge on any atom is -0.316 e. The van der Waals surface area contributed by atoms with E-state index < -0.39 is 93.0 Å². The summed E-state index contributed by atoms with van der Waals surface area (Å²) in [5.74, 6) is -3.47. The van der Waals surface area contributed by atoms with Crippen molar-refractivity contribution in [3.05, 3.63) is 98.7 Å². The first-order valence-electron chi connectivity index (χ1n) is 17.5. The molecule has 0 unspecified atom stereocenters. The van der Waals surface area contributed by atoms with Crippen molar-refractivity contribution in [1.29, 1.82) is 0 Å². The number of nitrogens with two attached hydrogens (primary N) is 1. The highest BCUT2D eigenvalue weighted by Gasteiger charge is 2.67. The van der Waals surface area contributed by atoms with Crippen molar-refractivity contribution in [3.8, 4) is 23.0 Å². The van der Waals surface area contributed by atoms with Gasteiger partial charge in [-0.05, 0) is 74.4 Å². The summed E-state index contributed by atoms with van der Waals surface area (Å²) in [5, 5.41) is 8.80. The molecule has 7 rings (SSSR count). The van der Waals surface area contributed by atoms with Crippen LogP contribution in [0.1, 0.15) is 84.5 Å². The molecule has 2 N–H and O–H groups in total. The van der Waals surface area contributed by atoms with E-state index >= 15 is 8.78 Å². The predicted molar refractivity (Wildman–Crippen MR) is 197 cm³/mol. The molecule has 0 aliphatic heterocycles. The van der Waals surface area contributed by atoms with E-state index in [1.165, 1.54) is 4.68 Å². The molecule has 2 aliphatic carbocycles. The first-order chi connectivity index (χ1) is 26.1. The van der Waals surface area contributed by atoms with Crippen LogP contribution in [0.25, 0.3) is 22.0 Å². The topological polar surface area (TPSA) is 126 Å². The maximum atomic E-state index is 15.4. The molecule has 3 heterocycles. The summed E-state index contributed by atoms with van der Waals surface area (Å²) in [6, 6.07) is 9.31. The molecule has 0 radical (unpaired) electrons. The molecule has 17 heteroatoms. The van der Waals surface area contributed by atoms with E-state index in [0.29, 0.717) is 32.8 Å². The average Bonchev–Trinajstić information content (AvgIpc) is 3.62. The molecular formula is C39H35ClF6N6O3S. The first kappa shape index (κ1) is 39.5. The molecule has 2 aliphatic rings. The molecule has 56 heavy (non-hydrogen) atoms. The lowest BCUT2D eigenvalue weighted by atomic mass is 9.86. The second-order valence-corrected chi connectivity index (χ2v) is 17.7. The molecule has 3 atom stereocenters. The van der Waals surface area contributed by atoms with Crippen molar-refractivity contribution >= 4 is 38.1 Å². The van der Waals surface area contributed by atoms with Gasteiger partial charge in [0.15, 0.2) is 15.6 Å². The van der Waals surface area contributed by atoms with Gasteiger partial charge in [0.25, 0.3) is 12.3 Å². The summed E-state index contributed by atoms with van der Waals surface area (Å²) in [7, 11) is -1.96.